The van der Waals surface area contributed by atoms with Crippen LogP contribution >= 0.6 is 0 Å². The maximum absolute atomic E-state index is 4.62. The SMILES string of the molecule is CC.CC(=Nc1ccc(N(C)C)cc1)C(C)=C(C)C. The van der Waals surface area contributed by atoms with E-state index in [0.717, 1.165) is 11.4 Å². The molecule has 1 aromatic carbocycles. The summed E-state index contributed by atoms with van der Waals surface area (Å²) in [6.07, 6.45) is 0. The van der Waals surface area contributed by atoms with Crippen LogP contribution < -0.4 is 4.90 Å². The highest BCUT2D eigenvalue weighted by atomic mass is 15.1. The Morgan fingerprint density at radius 3 is 1.74 bits per heavy atom. The summed E-state index contributed by atoms with van der Waals surface area (Å²) in [5, 5.41) is 0. The number of nitrogens with zero attached hydrogens (tertiary/aromatic N) is 2. The summed E-state index contributed by atoms with van der Waals surface area (Å²) in [6.45, 7) is 12.4. The van der Waals surface area contributed by atoms with Gasteiger partial charge in [0.05, 0.1) is 5.69 Å². The molecular weight excluding hydrogens is 232 g/mol. The Kier molecular flexibility index (Phi) is 7.81. The van der Waals surface area contributed by atoms with Crippen LogP contribution in [0.3, 0.4) is 0 Å². The van der Waals surface area contributed by atoms with Crippen molar-refractivity contribution in [2.75, 3.05) is 19.0 Å². The Hall–Kier alpha value is -1.57. The lowest BCUT2D eigenvalue weighted by Crippen LogP contribution is -2.07. The molecule has 0 spiro atoms. The van der Waals surface area contributed by atoms with Gasteiger partial charge in [-0.05, 0) is 57.5 Å². The molecule has 0 aliphatic carbocycles. The third kappa shape index (κ3) is 5.73. The molecule has 0 aromatic heterocycles. The van der Waals surface area contributed by atoms with Gasteiger partial charge in [-0.2, -0.15) is 0 Å². The summed E-state index contributed by atoms with van der Waals surface area (Å²) in [6, 6.07) is 8.28. The molecule has 0 heterocycles. The Morgan fingerprint density at radius 2 is 1.37 bits per heavy atom. The Labute approximate surface area is 118 Å². The van der Waals surface area contributed by atoms with Gasteiger partial charge in [-0.25, -0.2) is 0 Å². The van der Waals surface area contributed by atoms with E-state index in [1.165, 1.54) is 16.8 Å². The summed E-state index contributed by atoms with van der Waals surface area (Å²) in [5.41, 5.74) is 5.87. The number of aliphatic imine (C=N–C) groups is 1. The van der Waals surface area contributed by atoms with Crippen LogP contribution in [-0.2, 0) is 0 Å². The zero-order chi connectivity index (χ0) is 15.0. The maximum atomic E-state index is 4.62. The van der Waals surface area contributed by atoms with Gasteiger partial charge in [0, 0.05) is 25.5 Å². The summed E-state index contributed by atoms with van der Waals surface area (Å²) in [7, 11) is 4.08. The Bertz CT molecular complexity index is 433. The molecule has 0 fully saturated rings. The fourth-order valence-corrected chi connectivity index (χ4v) is 1.46. The van der Waals surface area contributed by atoms with Gasteiger partial charge in [0.1, 0.15) is 0 Å². The number of anilines is 1. The molecule has 2 heteroatoms. The second kappa shape index (κ2) is 8.52. The van der Waals surface area contributed by atoms with Crippen molar-refractivity contribution < 1.29 is 0 Å². The van der Waals surface area contributed by atoms with Gasteiger partial charge in [0.15, 0.2) is 0 Å². The lowest BCUT2D eigenvalue weighted by molar-refractivity contribution is 1.13. The Morgan fingerprint density at radius 1 is 0.895 bits per heavy atom. The highest BCUT2D eigenvalue weighted by Crippen LogP contribution is 2.19. The summed E-state index contributed by atoms with van der Waals surface area (Å²) in [5.74, 6) is 0. The maximum Gasteiger partial charge on any atom is 0.0634 e. The van der Waals surface area contributed by atoms with Crippen molar-refractivity contribution in [1.29, 1.82) is 0 Å². The molecule has 0 radical (unpaired) electrons. The molecule has 0 atom stereocenters. The van der Waals surface area contributed by atoms with Gasteiger partial charge in [-0.1, -0.05) is 19.4 Å². The van der Waals surface area contributed by atoms with Gasteiger partial charge < -0.3 is 4.90 Å². The molecule has 2 nitrogen and oxygen atoms in total. The first-order valence-corrected chi connectivity index (χ1v) is 6.89. The monoisotopic (exact) mass is 260 g/mol. The lowest BCUT2D eigenvalue weighted by atomic mass is 10.1. The fourth-order valence-electron chi connectivity index (χ4n) is 1.46. The highest BCUT2D eigenvalue weighted by molar-refractivity contribution is 5.99. The van der Waals surface area contributed by atoms with E-state index < -0.39 is 0 Å². The number of hydrogen-bond acceptors (Lipinski definition) is 2. The quantitative estimate of drug-likeness (QED) is 0.680. The second-order valence-corrected chi connectivity index (χ2v) is 4.73. The van der Waals surface area contributed by atoms with Crippen LogP contribution in [0.4, 0.5) is 11.4 Å². The summed E-state index contributed by atoms with van der Waals surface area (Å²) < 4.78 is 0. The molecule has 0 saturated heterocycles. The molecule has 1 aromatic rings. The van der Waals surface area contributed by atoms with Gasteiger partial charge in [-0.3, -0.25) is 4.99 Å². The number of rotatable bonds is 3. The Balaban J connectivity index is 0.00000154. The van der Waals surface area contributed by atoms with Gasteiger partial charge >= 0.3 is 0 Å². The second-order valence-electron chi connectivity index (χ2n) is 4.73. The van der Waals surface area contributed by atoms with E-state index in [2.05, 4.69) is 61.9 Å². The van der Waals surface area contributed by atoms with Crippen LogP contribution in [-0.4, -0.2) is 19.8 Å². The summed E-state index contributed by atoms with van der Waals surface area (Å²) in [4.78, 5) is 6.71. The van der Waals surface area contributed by atoms with Crippen molar-refractivity contribution in [3.05, 3.63) is 35.4 Å². The van der Waals surface area contributed by atoms with Crippen LogP contribution in [0.25, 0.3) is 0 Å². The van der Waals surface area contributed by atoms with Crippen LogP contribution in [0, 0.1) is 0 Å². The van der Waals surface area contributed by atoms with Gasteiger partial charge in [0.2, 0.25) is 0 Å². The number of allylic oxidation sites excluding steroid dienone is 2. The zero-order valence-corrected chi connectivity index (χ0v) is 13.7. The molecular formula is C17H28N2. The number of benzene rings is 1. The van der Waals surface area contributed by atoms with Crippen LogP contribution in [0.1, 0.15) is 41.5 Å². The van der Waals surface area contributed by atoms with Crippen LogP contribution in [0.2, 0.25) is 0 Å². The van der Waals surface area contributed by atoms with E-state index in [4.69, 9.17) is 0 Å². The van der Waals surface area contributed by atoms with E-state index in [1.54, 1.807) is 0 Å². The molecule has 0 bridgehead atoms. The van der Waals surface area contributed by atoms with Crippen molar-refractivity contribution in [3.63, 3.8) is 0 Å². The van der Waals surface area contributed by atoms with E-state index in [1.807, 2.05) is 27.9 Å². The summed E-state index contributed by atoms with van der Waals surface area (Å²) >= 11 is 0. The first-order valence-electron chi connectivity index (χ1n) is 6.89. The number of hydrogen-bond donors (Lipinski definition) is 0. The largest absolute Gasteiger partial charge is 0.378 e. The minimum atomic E-state index is 1.01. The van der Waals surface area contributed by atoms with E-state index in [9.17, 15) is 0 Å². The minimum Gasteiger partial charge on any atom is -0.378 e. The third-order valence-electron chi connectivity index (χ3n) is 2.96. The predicted molar refractivity (Wildman–Crippen MR) is 88.9 cm³/mol. The zero-order valence-electron chi connectivity index (χ0n) is 13.7. The predicted octanol–water partition coefficient (Wildman–Crippen LogP) is 5.23. The van der Waals surface area contributed by atoms with Crippen molar-refractivity contribution in [2.24, 2.45) is 4.99 Å². The molecule has 1 rings (SSSR count). The normalized spacial score (nSPS) is 10.4. The van der Waals surface area contributed by atoms with Crippen molar-refractivity contribution in [2.45, 2.75) is 41.5 Å². The average Bonchev–Trinajstić information content (AvgIpc) is 2.40. The third-order valence-corrected chi connectivity index (χ3v) is 2.96. The van der Waals surface area contributed by atoms with E-state index in [-0.39, 0.29) is 0 Å². The molecule has 0 aliphatic rings. The fraction of sp³-hybridized carbons (Fsp3) is 0.471. The molecule has 0 unspecified atom stereocenters. The van der Waals surface area contributed by atoms with Crippen molar-refractivity contribution >= 4 is 17.1 Å². The topological polar surface area (TPSA) is 15.6 Å². The average molecular weight is 260 g/mol. The van der Waals surface area contributed by atoms with Gasteiger partial charge in [-0.15, -0.1) is 0 Å². The standard InChI is InChI=1S/C15H22N2.C2H6/c1-11(2)12(3)13(4)16-14-7-9-15(10-8-14)17(5)6;1-2/h7-10H,1-6H3;1-2H3. The van der Waals surface area contributed by atoms with E-state index in [0.29, 0.717) is 0 Å². The highest BCUT2D eigenvalue weighted by Gasteiger charge is 1.99. The molecule has 106 valence electrons. The first-order chi connectivity index (χ1) is 8.91. The minimum absolute atomic E-state index is 1.01. The van der Waals surface area contributed by atoms with Crippen LogP contribution in [0.15, 0.2) is 40.4 Å². The lowest BCUT2D eigenvalue weighted by Gasteiger charge is -2.12. The van der Waals surface area contributed by atoms with Crippen molar-refractivity contribution in [3.8, 4) is 0 Å². The molecule has 0 N–H and O–H groups in total. The first kappa shape index (κ1) is 17.4. The van der Waals surface area contributed by atoms with Crippen LogP contribution in [0.5, 0.6) is 0 Å². The van der Waals surface area contributed by atoms with Crippen molar-refractivity contribution in [1.82, 2.24) is 0 Å². The molecule has 19 heavy (non-hydrogen) atoms. The molecule has 0 saturated carbocycles. The van der Waals surface area contributed by atoms with E-state index >= 15 is 0 Å². The smallest absolute Gasteiger partial charge is 0.0634 e. The molecule has 0 amide bonds. The molecule has 0 aliphatic heterocycles. The van der Waals surface area contributed by atoms with Gasteiger partial charge in [0.25, 0.3) is 0 Å².